The molecule has 15 heavy (non-hydrogen) atoms. The Morgan fingerprint density at radius 2 is 2.27 bits per heavy atom. The predicted molar refractivity (Wildman–Crippen MR) is 58.5 cm³/mol. The molecule has 1 fully saturated rings. The van der Waals surface area contributed by atoms with Crippen LogP contribution < -0.4 is 5.06 Å². The van der Waals surface area contributed by atoms with Crippen LogP contribution in [0.5, 0.6) is 0 Å². The van der Waals surface area contributed by atoms with Gasteiger partial charge in [0, 0.05) is 12.1 Å². The van der Waals surface area contributed by atoms with Crippen molar-refractivity contribution in [2.45, 2.75) is 32.4 Å². The third-order valence-corrected chi connectivity index (χ3v) is 3.06. The Morgan fingerprint density at radius 1 is 1.40 bits per heavy atom. The molecule has 1 aliphatic heterocycles. The molecule has 2 aliphatic rings. The molecule has 2 bridgehead atoms. The van der Waals surface area contributed by atoms with Crippen molar-refractivity contribution in [3.05, 3.63) is 35.5 Å². The second kappa shape index (κ2) is 3.07. The van der Waals surface area contributed by atoms with Gasteiger partial charge < -0.3 is 0 Å². The maximum absolute atomic E-state index is 5.77. The highest BCUT2D eigenvalue weighted by molar-refractivity contribution is 5.44. The van der Waals surface area contributed by atoms with E-state index in [4.69, 9.17) is 4.84 Å². The first kappa shape index (κ1) is 8.92. The minimum absolute atomic E-state index is 0.261. The molecule has 0 radical (unpaired) electrons. The van der Waals surface area contributed by atoms with E-state index in [9.17, 15) is 0 Å². The fourth-order valence-electron chi connectivity index (χ4n) is 2.32. The molecule has 0 spiro atoms. The van der Waals surface area contributed by atoms with Crippen molar-refractivity contribution in [3.63, 3.8) is 0 Å². The number of anilines is 1. The molecule has 1 aromatic rings. The summed E-state index contributed by atoms with van der Waals surface area (Å²) in [4.78, 5) is 10.2. The van der Waals surface area contributed by atoms with Crippen molar-refractivity contribution >= 4 is 5.82 Å². The van der Waals surface area contributed by atoms with Crippen molar-refractivity contribution < 1.29 is 4.84 Å². The maximum atomic E-state index is 5.77. The van der Waals surface area contributed by atoms with Gasteiger partial charge in [-0.3, -0.25) is 4.84 Å². The van der Waals surface area contributed by atoms with E-state index in [-0.39, 0.29) is 6.10 Å². The Labute approximate surface area is 89.3 Å². The molecule has 1 aliphatic carbocycles. The number of aromatic nitrogens is 1. The Hall–Kier alpha value is -1.35. The molecule has 1 saturated heterocycles. The number of hydrogen-bond acceptors (Lipinski definition) is 3. The van der Waals surface area contributed by atoms with Gasteiger partial charge in [0.05, 0.1) is 6.04 Å². The third kappa shape index (κ3) is 1.35. The first-order valence-electron chi connectivity index (χ1n) is 5.32. The summed E-state index contributed by atoms with van der Waals surface area (Å²) in [6, 6.07) is 6.41. The van der Waals surface area contributed by atoms with Crippen LogP contribution >= 0.6 is 0 Å². The zero-order chi connectivity index (χ0) is 10.4. The van der Waals surface area contributed by atoms with E-state index in [1.54, 1.807) is 0 Å². The summed E-state index contributed by atoms with van der Waals surface area (Å²) < 4.78 is 0. The molecule has 0 saturated carbocycles. The first-order valence-corrected chi connectivity index (χ1v) is 5.32. The molecule has 1 aromatic heterocycles. The lowest BCUT2D eigenvalue weighted by Gasteiger charge is -2.26. The molecule has 0 aromatic carbocycles. The lowest BCUT2D eigenvalue weighted by atomic mass is 10.1. The Kier molecular flexibility index (Phi) is 1.83. The summed E-state index contributed by atoms with van der Waals surface area (Å²) in [5.74, 6) is 0.926. The molecule has 3 heteroatoms. The summed E-state index contributed by atoms with van der Waals surface area (Å²) >= 11 is 0. The summed E-state index contributed by atoms with van der Waals surface area (Å²) in [6.07, 6.45) is 3.54. The van der Waals surface area contributed by atoms with E-state index in [2.05, 4.69) is 18.0 Å². The number of hydroxylamine groups is 1. The average molecular weight is 202 g/mol. The minimum Gasteiger partial charge on any atom is -0.264 e. The normalized spacial score (nSPS) is 28.4. The largest absolute Gasteiger partial charge is 0.264 e. The number of pyridine rings is 1. The van der Waals surface area contributed by atoms with Gasteiger partial charge in [0.1, 0.15) is 6.10 Å². The highest BCUT2D eigenvalue weighted by Crippen LogP contribution is 2.36. The highest BCUT2D eigenvalue weighted by Gasteiger charge is 2.39. The summed E-state index contributed by atoms with van der Waals surface area (Å²) in [5, 5.41) is 1.95. The van der Waals surface area contributed by atoms with E-state index < -0.39 is 0 Å². The monoisotopic (exact) mass is 202 g/mol. The summed E-state index contributed by atoms with van der Waals surface area (Å²) in [7, 11) is 0. The summed E-state index contributed by atoms with van der Waals surface area (Å²) in [6.45, 7) is 4.16. The number of aryl methyl sites for hydroxylation is 1. The summed E-state index contributed by atoms with van der Waals surface area (Å²) in [5.41, 5.74) is 2.43. The molecule has 2 unspecified atom stereocenters. The van der Waals surface area contributed by atoms with Crippen LogP contribution in [0.1, 0.15) is 19.0 Å². The van der Waals surface area contributed by atoms with Crippen LogP contribution in [0, 0.1) is 6.92 Å². The highest BCUT2D eigenvalue weighted by atomic mass is 16.7. The van der Waals surface area contributed by atoms with E-state index in [0.717, 1.165) is 17.9 Å². The molecular weight excluding hydrogens is 188 g/mol. The molecule has 0 amide bonds. The van der Waals surface area contributed by atoms with Crippen LogP contribution in [0.25, 0.3) is 0 Å². The lowest BCUT2D eigenvalue weighted by molar-refractivity contribution is 0.106. The van der Waals surface area contributed by atoms with Gasteiger partial charge in [-0.15, -0.1) is 0 Å². The van der Waals surface area contributed by atoms with E-state index >= 15 is 0 Å². The Morgan fingerprint density at radius 3 is 2.93 bits per heavy atom. The Balaban J connectivity index is 1.94. The van der Waals surface area contributed by atoms with Gasteiger partial charge in [-0.2, -0.15) is 0 Å². The average Bonchev–Trinajstić information content (AvgIpc) is 2.76. The first-order chi connectivity index (χ1) is 7.24. The van der Waals surface area contributed by atoms with Crippen molar-refractivity contribution in [1.82, 2.24) is 4.98 Å². The van der Waals surface area contributed by atoms with Crippen molar-refractivity contribution in [3.8, 4) is 0 Å². The van der Waals surface area contributed by atoms with Gasteiger partial charge in [-0.05, 0) is 31.6 Å². The van der Waals surface area contributed by atoms with Gasteiger partial charge in [-0.25, -0.2) is 10.0 Å². The second-order valence-corrected chi connectivity index (χ2v) is 4.27. The zero-order valence-electron chi connectivity index (χ0n) is 8.97. The van der Waals surface area contributed by atoms with Crippen LogP contribution in [-0.4, -0.2) is 17.1 Å². The topological polar surface area (TPSA) is 25.4 Å². The van der Waals surface area contributed by atoms with Crippen LogP contribution in [0.2, 0.25) is 0 Å². The fourth-order valence-corrected chi connectivity index (χ4v) is 2.32. The van der Waals surface area contributed by atoms with Gasteiger partial charge >= 0.3 is 0 Å². The number of rotatable bonds is 1. The smallest absolute Gasteiger partial charge is 0.153 e. The van der Waals surface area contributed by atoms with Gasteiger partial charge in [0.2, 0.25) is 0 Å². The van der Waals surface area contributed by atoms with Gasteiger partial charge in [0.25, 0.3) is 0 Å². The third-order valence-electron chi connectivity index (χ3n) is 3.06. The number of fused-ring (bicyclic) bond motifs is 2. The lowest BCUT2D eigenvalue weighted by Crippen LogP contribution is -2.31. The molecule has 78 valence electrons. The van der Waals surface area contributed by atoms with Crippen LogP contribution in [0.4, 0.5) is 5.82 Å². The molecule has 3 nitrogen and oxygen atoms in total. The van der Waals surface area contributed by atoms with Crippen molar-refractivity contribution in [2.24, 2.45) is 0 Å². The van der Waals surface area contributed by atoms with Crippen LogP contribution in [0.3, 0.4) is 0 Å². The Bertz CT molecular complexity index is 427. The number of hydrogen-bond donors (Lipinski definition) is 0. The predicted octanol–water partition coefficient (Wildman–Crippen LogP) is 2.23. The fraction of sp³-hybridized carbons (Fsp3) is 0.417. The SMILES string of the molecule is CC1=CC2CC1N(c1cccc(C)n1)O2. The second-order valence-electron chi connectivity index (χ2n) is 4.27. The molecule has 2 atom stereocenters. The van der Waals surface area contributed by atoms with Gasteiger partial charge in [0.15, 0.2) is 5.82 Å². The van der Waals surface area contributed by atoms with E-state index in [0.29, 0.717) is 6.04 Å². The van der Waals surface area contributed by atoms with E-state index in [1.807, 2.05) is 30.2 Å². The molecule has 3 rings (SSSR count). The number of nitrogens with zero attached hydrogens (tertiary/aromatic N) is 2. The zero-order valence-corrected chi connectivity index (χ0v) is 8.97. The standard InChI is InChI=1S/C12H14N2O/c1-8-6-10-7-11(8)14(15-10)12-5-3-4-9(2)13-12/h3-6,10-11H,7H2,1-2H3. The maximum Gasteiger partial charge on any atom is 0.153 e. The molecular formula is C12H14N2O. The molecule has 0 N–H and O–H groups in total. The van der Waals surface area contributed by atoms with Gasteiger partial charge in [-0.1, -0.05) is 12.1 Å². The van der Waals surface area contributed by atoms with Crippen LogP contribution in [-0.2, 0) is 4.84 Å². The van der Waals surface area contributed by atoms with Crippen molar-refractivity contribution in [1.29, 1.82) is 0 Å². The minimum atomic E-state index is 0.261. The van der Waals surface area contributed by atoms with E-state index in [1.165, 1.54) is 5.57 Å². The van der Waals surface area contributed by atoms with Crippen molar-refractivity contribution in [2.75, 3.05) is 5.06 Å². The van der Waals surface area contributed by atoms with Crippen LogP contribution in [0.15, 0.2) is 29.8 Å². The molecule has 2 heterocycles. The quantitative estimate of drug-likeness (QED) is 0.653.